The second-order valence-electron chi connectivity index (χ2n) is 6.32. The van der Waals surface area contributed by atoms with E-state index in [2.05, 4.69) is 15.4 Å². The average Bonchev–Trinajstić information content (AvgIpc) is 3.50. The molecule has 7 nitrogen and oxygen atoms in total. The minimum Gasteiger partial charge on any atom is -0.452 e. The van der Waals surface area contributed by atoms with Gasteiger partial charge in [0.15, 0.2) is 6.61 Å². The van der Waals surface area contributed by atoms with E-state index < -0.39 is 25.1 Å². The van der Waals surface area contributed by atoms with Gasteiger partial charge in [-0.15, -0.1) is 0 Å². The molecule has 2 aromatic carbocycles. The van der Waals surface area contributed by atoms with Gasteiger partial charge in [-0.1, -0.05) is 12.1 Å². The maximum absolute atomic E-state index is 12.2. The van der Waals surface area contributed by atoms with Crippen LogP contribution in [0.25, 0.3) is 0 Å². The third-order valence-corrected chi connectivity index (χ3v) is 4.01. The molecule has 0 aromatic heterocycles. The number of amides is 2. The van der Waals surface area contributed by atoms with E-state index in [1.54, 1.807) is 24.3 Å². The average molecular weight is 404 g/mol. The van der Waals surface area contributed by atoms with E-state index in [1.807, 2.05) is 0 Å². The fourth-order valence-electron chi connectivity index (χ4n) is 2.45. The molecule has 2 N–H and O–H groups in total. The molecule has 0 saturated heterocycles. The monoisotopic (exact) mass is 404 g/mol. The van der Waals surface area contributed by atoms with Crippen LogP contribution >= 0.6 is 0 Å². The van der Waals surface area contributed by atoms with Crippen LogP contribution in [-0.2, 0) is 9.53 Å². The molecule has 2 aromatic rings. The molecular weight excluding hydrogens is 386 g/mol. The summed E-state index contributed by atoms with van der Waals surface area (Å²) in [6, 6.07) is 11.5. The van der Waals surface area contributed by atoms with E-state index in [1.165, 1.54) is 24.3 Å². The predicted octanol–water partition coefficient (Wildman–Crippen LogP) is 2.98. The van der Waals surface area contributed by atoms with Gasteiger partial charge in [0.2, 0.25) is 0 Å². The molecule has 0 unspecified atom stereocenters. The van der Waals surface area contributed by atoms with Crippen molar-refractivity contribution in [3.05, 3.63) is 59.7 Å². The Balaban J connectivity index is 1.53. The number of hydrogen-bond acceptors (Lipinski definition) is 5. The van der Waals surface area contributed by atoms with Gasteiger partial charge in [-0.05, 0) is 49.2 Å². The Morgan fingerprint density at radius 3 is 2.38 bits per heavy atom. The molecule has 2 amide bonds. The van der Waals surface area contributed by atoms with Crippen molar-refractivity contribution in [1.29, 1.82) is 0 Å². The number of anilines is 1. The second-order valence-corrected chi connectivity index (χ2v) is 6.32. The van der Waals surface area contributed by atoms with Gasteiger partial charge in [0, 0.05) is 6.04 Å². The Hall–Kier alpha value is -3.49. The van der Waals surface area contributed by atoms with E-state index in [4.69, 9.17) is 4.74 Å². The Morgan fingerprint density at radius 1 is 1.03 bits per heavy atom. The summed E-state index contributed by atoms with van der Waals surface area (Å²) in [6.45, 7) is -3.54. The number of esters is 1. The van der Waals surface area contributed by atoms with Crippen molar-refractivity contribution in [2.24, 2.45) is 0 Å². The van der Waals surface area contributed by atoms with Crippen LogP contribution in [0.5, 0.6) is 5.75 Å². The Labute approximate surface area is 165 Å². The van der Waals surface area contributed by atoms with Crippen molar-refractivity contribution >= 4 is 23.5 Å². The van der Waals surface area contributed by atoms with Gasteiger partial charge >= 0.3 is 12.6 Å². The summed E-state index contributed by atoms with van der Waals surface area (Å²) in [5.74, 6) is -1.81. The van der Waals surface area contributed by atoms with Crippen molar-refractivity contribution < 1.29 is 32.6 Å². The summed E-state index contributed by atoms with van der Waals surface area (Å²) in [7, 11) is 0. The normalized spacial score (nSPS) is 12.9. The number of nitrogens with one attached hydrogen (secondary N) is 2. The van der Waals surface area contributed by atoms with Crippen LogP contribution in [0.1, 0.15) is 33.6 Å². The molecule has 152 valence electrons. The molecule has 0 radical (unpaired) electrons. The molecule has 0 spiro atoms. The van der Waals surface area contributed by atoms with E-state index in [-0.39, 0.29) is 23.3 Å². The van der Waals surface area contributed by atoms with Crippen LogP contribution in [0.15, 0.2) is 48.5 Å². The number of carbonyl (C=O) groups excluding carboxylic acids is 3. The van der Waals surface area contributed by atoms with Crippen molar-refractivity contribution in [3.8, 4) is 5.75 Å². The highest BCUT2D eigenvalue weighted by atomic mass is 19.3. The van der Waals surface area contributed by atoms with Crippen molar-refractivity contribution in [3.63, 3.8) is 0 Å². The molecule has 0 bridgehead atoms. The fraction of sp³-hybridized carbons (Fsp3) is 0.250. The van der Waals surface area contributed by atoms with Crippen LogP contribution in [0.2, 0.25) is 0 Å². The summed E-state index contributed by atoms with van der Waals surface area (Å²) in [5, 5.41) is 5.38. The number of rotatable bonds is 8. The summed E-state index contributed by atoms with van der Waals surface area (Å²) in [6.07, 6.45) is 1.87. The summed E-state index contributed by atoms with van der Waals surface area (Å²) >= 11 is 0. The highest BCUT2D eigenvalue weighted by Crippen LogP contribution is 2.21. The lowest BCUT2D eigenvalue weighted by atomic mass is 10.1. The largest absolute Gasteiger partial charge is 0.452 e. The number of halogens is 2. The maximum Gasteiger partial charge on any atom is 0.387 e. The quantitative estimate of drug-likeness (QED) is 0.660. The van der Waals surface area contributed by atoms with Crippen LogP contribution in [-0.4, -0.2) is 37.0 Å². The first-order chi connectivity index (χ1) is 13.9. The third kappa shape index (κ3) is 6.00. The standard InChI is InChI=1S/C20H18F2N2O5/c21-20(22)29-14-9-5-12(6-10-14)19(27)28-11-17(25)24-16-4-2-1-3-15(16)18(26)23-13-7-8-13/h1-6,9-10,13,20H,7-8,11H2,(H,23,26)(H,24,25). The van der Waals surface area contributed by atoms with Gasteiger partial charge in [0.25, 0.3) is 11.8 Å². The number of hydrogen-bond donors (Lipinski definition) is 2. The summed E-state index contributed by atoms with van der Waals surface area (Å²) < 4.78 is 33.4. The molecular formula is C20H18F2N2O5. The molecule has 1 saturated carbocycles. The van der Waals surface area contributed by atoms with Crippen molar-refractivity contribution in [1.82, 2.24) is 5.32 Å². The zero-order valence-corrected chi connectivity index (χ0v) is 15.2. The lowest BCUT2D eigenvalue weighted by Gasteiger charge is -2.11. The van der Waals surface area contributed by atoms with Crippen LogP contribution in [0.3, 0.4) is 0 Å². The minimum absolute atomic E-state index is 0.0728. The third-order valence-electron chi connectivity index (χ3n) is 4.01. The number of para-hydroxylation sites is 1. The zero-order valence-electron chi connectivity index (χ0n) is 15.2. The topological polar surface area (TPSA) is 93.7 Å². The summed E-state index contributed by atoms with van der Waals surface area (Å²) in [4.78, 5) is 36.3. The van der Waals surface area contributed by atoms with E-state index in [0.29, 0.717) is 11.3 Å². The molecule has 3 rings (SSSR count). The minimum atomic E-state index is -2.97. The summed E-state index contributed by atoms with van der Waals surface area (Å²) in [5.41, 5.74) is 0.692. The van der Waals surface area contributed by atoms with Gasteiger partial charge < -0.3 is 20.1 Å². The Morgan fingerprint density at radius 2 is 1.72 bits per heavy atom. The zero-order chi connectivity index (χ0) is 20.8. The van der Waals surface area contributed by atoms with Gasteiger partial charge in [-0.2, -0.15) is 8.78 Å². The van der Waals surface area contributed by atoms with Crippen molar-refractivity contribution in [2.75, 3.05) is 11.9 Å². The number of alkyl halides is 2. The van der Waals surface area contributed by atoms with Gasteiger partial charge in [-0.3, -0.25) is 9.59 Å². The molecule has 9 heteroatoms. The predicted molar refractivity (Wildman–Crippen MR) is 98.9 cm³/mol. The molecule has 1 aliphatic carbocycles. The van der Waals surface area contributed by atoms with E-state index >= 15 is 0 Å². The first-order valence-electron chi connectivity index (χ1n) is 8.84. The maximum atomic E-state index is 12.2. The SMILES string of the molecule is O=C(COC(=O)c1ccc(OC(F)F)cc1)Nc1ccccc1C(=O)NC1CC1. The lowest BCUT2D eigenvalue weighted by Crippen LogP contribution is -2.28. The molecule has 1 aliphatic rings. The van der Waals surface area contributed by atoms with E-state index in [9.17, 15) is 23.2 Å². The number of carbonyl (C=O) groups is 3. The molecule has 0 aliphatic heterocycles. The smallest absolute Gasteiger partial charge is 0.387 e. The number of benzene rings is 2. The number of ether oxygens (including phenoxy) is 2. The van der Waals surface area contributed by atoms with Gasteiger partial charge in [-0.25, -0.2) is 4.79 Å². The highest BCUT2D eigenvalue weighted by molar-refractivity contribution is 6.04. The fourth-order valence-corrected chi connectivity index (χ4v) is 2.45. The first-order valence-corrected chi connectivity index (χ1v) is 8.84. The lowest BCUT2D eigenvalue weighted by molar-refractivity contribution is -0.119. The van der Waals surface area contributed by atoms with Gasteiger partial charge in [0.05, 0.1) is 16.8 Å². The molecule has 0 heterocycles. The van der Waals surface area contributed by atoms with Crippen molar-refractivity contribution in [2.45, 2.75) is 25.5 Å². The van der Waals surface area contributed by atoms with Crippen LogP contribution in [0.4, 0.5) is 14.5 Å². The highest BCUT2D eigenvalue weighted by Gasteiger charge is 2.25. The van der Waals surface area contributed by atoms with Crippen LogP contribution in [0, 0.1) is 0 Å². The first kappa shape index (κ1) is 20.2. The Bertz CT molecular complexity index is 898. The molecule has 0 atom stereocenters. The van der Waals surface area contributed by atoms with E-state index in [0.717, 1.165) is 12.8 Å². The molecule has 29 heavy (non-hydrogen) atoms. The molecule has 1 fully saturated rings. The van der Waals surface area contributed by atoms with Crippen LogP contribution < -0.4 is 15.4 Å². The Kier molecular flexibility index (Phi) is 6.38. The van der Waals surface area contributed by atoms with Gasteiger partial charge in [0.1, 0.15) is 5.75 Å². The second kappa shape index (κ2) is 9.13.